The van der Waals surface area contributed by atoms with Crippen molar-refractivity contribution in [1.82, 2.24) is 0 Å². The first-order valence-corrected chi connectivity index (χ1v) is 8.46. The Morgan fingerprint density at radius 2 is 1.91 bits per heavy atom. The number of thiophene rings is 1. The molecule has 4 atom stereocenters. The van der Waals surface area contributed by atoms with Crippen LogP contribution in [0.1, 0.15) is 34.5 Å². The number of fused-ring (bicyclic) bond motifs is 2. The Bertz CT molecular complexity index is 667. The molecular weight excluding hydrogens is 318 g/mol. The molecule has 1 heterocycles. The third kappa shape index (κ3) is 2.73. The molecule has 6 nitrogen and oxygen atoms in total. The summed E-state index contributed by atoms with van der Waals surface area (Å²) in [5.41, 5.74) is 0.318. The maximum absolute atomic E-state index is 12.7. The minimum Gasteiger partial charge on any atom is -0.481 e. The van der Waals surface area contributed by atoms with Crippen molar-refractivity contribution in [1.29, 1.82) is 0 Å². The van der Waals surface area contributed by atoms with Gasteiger partial charge >= 0.3 is 11.9 Å². The SMILES string of the molecule is COC(=O)c1cc(C)sc1NC(=O)[C@H]1[C@H]2CC[C@@H](C2)[C@H]1C(=O)O. The number of aryl methyl sites for hydroxylation is 1. The molecule has 2 aliphatic rings. The summed E-state index contributed by atoms with van der Waals surface area (Å²) in [6.45, 7) is 1.84. The van der Waals surface area contributed by atoms with Crippen LogP contribution in [0, 0.1) is 30.6 Å². The van der Waals surface area contributed by atoms with E-state index in [2.05, 4.69) is 5.32 Å². The number of carbonyl (C=O) groups is 3. The topological polar surface area (TPSA) is 92.7 Å². The fourth-order valence-corrected chi connectivity index (χ4v) is 4.99. The standard InChI is InChI=1S/C16H19NO5S/c1-7-5-10(16(21)22-2)14(23-7)17-13(18)11-8-3-4-9(6-8)12(11)15(19)20/h5,8-9,11-12H,3-4,6H2,1-2H3,(H,17,18)(H,19,20)/t8-,9-,11-,12+/m0/s1. The van der Waals surface area contributed by atoms with Gasteiger partial charge in [0, 0.05) is 4.88 Å². The molecule has 3 rings (SSSR count). The predicted octanol–water partition coefficient (Wildman–Crippen LogP) is 2.53. The molecule has 1 amide bonds. The first kappa shape index (κ1) is 16.0. The van der Waals surface area contributed by atoms with E-state index in [4.69, 9.17) is 4.74 Å². The van der Waals surface area contributed by atoms with E-state index in [1.807, 2.05) is 6.92 Å². The molecule has 0 radical (unpaired) electrons. The van der Waals surface area contributed by atoms with Crippen LogP contribution in [0.4, 0.5) is 5.00 Å². The van der Waals surface area contributed by atoms with E-state index in [1.165, 1.54) is 18.4 Å². The Balaban J connectivity index is 1.82. The first-order chi connectivity index (χ1) is 10.9. The largest absolute Gasteiger partial charge is 0.481 e. The van der Waals surface area contributed by atoms with E-state index in [9.17, 15) is 19.5 Å². The van der Waals surface area contributed by atoms with Crippen molar-refractivity contribution in [2.24, 2.45) is 23.7 Å². The van der Waals surface area contributed by atoms with Crippen molar-refractivity contribution in [3.63, 3.8) is 0 Å². The highest BCUT2D eigenvalue weighted by Crippen LogP contribution is 2.52. The van der Waals surface area contributed by atoms with Crippen LogP contribution in [0.25, 0.3) is 0 Å². The van der Waals surface area contributed by atoms with Crippen LogP contribution >= 0.6 is 11.3 Å². The van der Waals surface area contributed by atoms with Crippen molar-refractivity contribution in [3.8, 4) is 0 Å². The van der Waals surface area contributed by atoms with Gasteiger partial charge in [0.25, 0.3) is 0 Å². The zero-order valence-corrected chi connectivity index (χ0v) is 13.8. The molecule has 2 fully saturated rings. The van der Waals surface area contributed by atoms with Crippen LogP contribution in [0.2, 0.25) is 0 Å². The third-order valence-electron chi connectivity index (χ3n) is 5.00. The summed E-state index contributed by atoms with van der Waals surface area (Å²) >= 11 is 1.29. The Morgan fingerprint density at radius 3 is 2.52 bits per heavy atom. The number of anilines is 1. The van der Waals surface area contributed by atoms with Gasteiger partial charge < -0.3 is 15.2 Å². The highest BCUT2D eigenvalue weighted by atomic mass is 32.1. The minimum atomic E-state index is -0.895. The van der Waals surface area contributed by atoms with Crippen LogP contribution in [0.3, 0.4) is 0 Å². The number of methoxy groups -OCH3 is 1. The number of ether oxygens (including phenoxy) is 1. The van der Waals surface area contributed by atoms with Gasteiger partial charge in [0.15, 0.2) is 0 Å². The van der Waals surface area contributed by atoms with E-state index in [0.29, 0.717) is 10.6 Å². The zero-order chi connectivity index (χ0) is 16.7. The van der Waals surface area contributed by atoms with E-state index in [0.717, 1.165) is 24.1 Å². The number of amides is 1. The van der Waals surface area contributed by atoms with Crippen LogP contribution in [0.15, 0.2) is 6.07 Å². The lowest BCUT2D eigenvalue weighted by atomic mass is 9.79. The van der Waals surface area contributed by atoms with Crippen LogP contribution in [0.5, 0.6) is 0 Å². The number of hydrogen-bond acceptors (Lipinski definition) is 5. The number of esters is 1. The average molecular weight is 337 g/mol. The quantitative estimate of drug-likeness (QED) is 0.824. The second kappa shape index (κ2) is 5.96. The Morgan fingerprint density at radius 1 is 1.26 bits per heavy atom. The second-order valence-corrected chi connectivity index (χ2v) is 7.56. The van der Waals surface area contributed by atoms with Gasteiger partial charge in [-0.25, -0.2) is 4.79 Å². The fourth-order valence-electron chi connectivity index (χ4n) is 4.09. The van der Waals surface area contributed by atoms with Gasteiger partial charge in [0.05, 0.1) is 24.5 Å². The van der Waals surface area contributed by atoms with Crippen molar-refractivity contribution in [3.05, 3.63) is 16.5 Å². The summed E-state index contributed by atoms with van der Waals surface area (Å²) in [7, 11) is 1.29. The molecule has 2 aliphatic carbocycles. The van der Waals surface area contributed by atoms with E-state index < -0.39 is 23.8 Å². The third-order valence-corrected chi connectivity index (χ3v) is 5.97. The van der Waals surface area contributed by atoms with E-state index >= 15 is 0 Å². The second-order valence-electron chi connectivity index (χ2n) is 6.30. The summed E-state index contributed by atoms with van der Waals surface area (Å²) in [5, 5.41) is 12.7. The van der Waals surface area contributed by atoms with Crippen LogP contribution in [-0.4, -0.2) is 30.1 Å². The molecule has 0 aliphatic heterocycles. The number of hydrogen-bond donors (Lipinski definition) is 2. The summed E-state index contributed by atoms with van der Waals surface area (Å²) in [5.74, 6) is -2.60. The lowest BCUT2D eigenvalue weighted by molar-refractivity contribution is -0.148. The summed E-state index contributed by atoms with van der Waals surface area (Å²) in [6.07, 6.45) is 2.60. The molecule has 1 aromatic rings. The van der Waals surface area contributed by atoms with E-state index in [-0.39, 0.29) is 17.7 Å². The number of rotatable bonds is 4. The molecule has 7 heteroatoms. The van der Waals surface area contributed by atoms with Gasteiger partial charge in [-0.05, 0) is 44.1 Å². The molecular formula is C16H19NO5S. The van der Waals surface area contributed by atoms with Crippen LogP contribution < -0.4 is 5.32 Å². The number of carboxylic acids is 1. The molecule has 2 N–H and O–H groups in total. The van der Waals surface area contributed by atoms with Gasteiger partial charge in [-0.1, -0.05) is 0 Å². The lowest BCUT2D eigenvalue weighted by Crippen LogP contribution is -2.37. The van der Waals surface area contributed by atoms with Crippen molar-refractivity contribution in [2.75, 3.05) is 12.4 Å². The molecule has 0 spiro atoms. The molecule has 0 saturated heterocycles. The normalized spacial score (nSPS) is 28.6. The van der Waals surface area contributed by atoms with Gasteiger partial charge in [0.1, 0.15) is 5.00 Å². The fraction of sp³-hybridized carbons (Fsp3) is 0.562. The van der Waals surface area contributed by atoms with Gasteiger partial charge in [-0.3, -0.25) is 9.59 Å². The predicted molar refractivity (Wildman–Crippen MR) is 84.5 cm³/mol. The summed E-state index contributed by atoms with van der Waals surface area (Å²) < 4.78 is 4.73. The molecule has 0 unspecified atom stereocenters. The summed E-state index contributed by atoms with van der Waals surface area (Å²) in [6, 6.07) is 1.67. The molecule has 23 heavy (non-hydrogen) atoms. The Kier molecular flexibility index (Phi) is 4.14. The van der Waals surface area contributed by atoms with Gasteiger partial charge in [-0.15, -0.1) is 11.3 Å². The van der Waals surface area contributed by atoms with Gasteiger partial charge in [-0.2, -0.15) is 0 Å². The number of nitrogens with one attached hydrogen (secondary N) is 1. The monoisotopic (exact) mass is 337 g/mol. The van der Waals surface area contributed by atoms with Crippen molar-refractivity contribution in [2.45, 2.75) is 26.2 Å². The van der Waals surface area contributed by atoms with Gasteiger partial charge in [0.2, 0.25) is 5.91 Å². The summed E-state index contributed by atoms with van der Waals surface area (Å²) in [4.78, 5) is 36.9. The smallest absolute Gasteiger partial charge is 0.340 e. The lowest BCUT2D eigenvalue weighted by Gasteiger charge is -2.26. The maximum atomic E-state index is 12.7. The number of carboxylic acid groups (broad SMARTS) is 1. The maximum Gasteiger partial charge on any atom is 0.340 e. The van der Waals surface area contributed by atoms with E-state index in [1.54, 1.807) is 6.07 Å². The zero-order valence-electron chi connectivity index (χ0n) is 13.0. The average Bonchev–Trinajstić information content (AvgIpc) is 3.19. The molecule has 0 aromatic carbocycles. The molecule has 1 aromatic heterocycles. The Labute approximate surface area is 137 Å². The van der Waals surface area contributed by atoms with Crippen LogP contribution in [-0.2, 0) is 14.3 Å². The molecule has 124 valence electrons. The first-order valence-electron chi connectivity index (χ1n) is 7.64. The highest BCUT2D eigenvalue weighted by molar-refractivity contribution is 7.16. The number of aliphatic carboxylic acids is 1. The minimum absolute atomic E-state index is 0.0957. The molecule has 2 bridgehead atoms. The number of carbonyl (C=O) groups excluding carboxylic acids is 2. The Hall–Kier alpha value is -1.89. The van der Waals surface area contributed by atoms with Crippen molar-refractivity contribution >= 4 is 34.2 Å². The molecule has 2 saturated carbocycles. The van der Waals surface area contributed by atoms with Crippen molar-refractivity contribution < 1.29 is 24.2 Å². The highest BCUT2D eigenvalue weighted by Gasteiger charge is 2.54.